The van der Waals surface area contributed by atoms with E-state index < -0.39 is 0 Å². The molecular formula is C26H28N4O+2. The standard InChI is InChI=1S/C26H26N4O/c27-19-23-13-7-8-14-24(23)28-25(31)20-29-15-17-30(18-16-29)26(21-9-3-1-4-10-21)22-11-5-2-6-12-22/h1-14,26H,15-18,20H2,(H,28,31)/p+2. The number of nitrogens with one attached hydrogen (secondary N) is 3. The minimum atomic E-state index is -0.0381. The zero-order chi connectivity index (χ0) is 21.5. The van der Waals surface area contributed by atoms with Crippen molar-refractivity contribution < 1.29 is 14.6 Å². The molecule has 5 heteroatoms. The number of anilines is 1. The fraction of sp³-hybridized carbons (Fsp3) is 0.231. The van der Waals surface area contributed by atoms with Gasteiger partial charge in [-0.2, -0.15) is 5.26 Å². The largest absolute Gasteiger partial charge is 0.320 e. The maximum Gasteiger partial charge on any atom is 0.279 e. The average Bonchev–Trinajstić information content (AvgIpc) is 2.82. The molecule has 3 N–H and O–H groups in total. The second-order valence-corrected chi connectivity index (χ2v) is 8.04. The summed E-state index contributed by atoms with van der Waals surface area (Å²) in [5.74, 6) is -0.0381. The summed E-state index contributed by atoms with van der Waals surface area (Å²) < 4.78 is 0. The van der Waals surface area contributed by atoms with Crippen LogP contribution in [-0.4, -0.2) is 38.6 Å². The third-order valence-corrected chi connectivity index (χ3v) is 6.01. The molecule has 0 bridgehead atoms. The molecule has 0 spiro atoms. The van der Waals surface area contributed by atoms with E-state index in [0.29, 0.717) is 23.8 Å². The van der Waals surface area contributed by atoms with Crippen molar-refractivity contribution in [3.05, 3.63) is 102 Å². The van der Waals surface area contributed by atoms with Crippen molar-refractivity contribution >= 4 is 11.6 Å². The zero-order valence-electron chi connectivity index (χ0n) is 17.6. The van der Waals surface area contributed by atoms with E-state index in [2.05, 4.69) is 72.0 Å². The molecular weight excluding hydrogens is 384 g/mol. The van der Waals surface area contributed by atoms with Gasteiger partial charge in [0.1, 0.15) is 38.3 Å². The molecule has 3 aromatic rings. The Bertz CT molecular complexity index is 998. The predicted octanol–water partition coefficient (Wildman–Crippen LogP) is 1.07. The SMILES string of the molecule is N#Cc1ccccc1NC(=O)C[NH+]1CC[NH+](C(c2ccccc2)c2ccccc2)CC1. The van der Waals surface area contributed by atoms with E-state index in [4.69, 9.17) is 0 Å². The number of para-hydroxylation sites is 1. The highest BCUT2D eigenvalue weighted by atomic mass is 16.2. The van der Waals surface area contributed by atoms with E-state index >= 15 is 0 Å². The van der Waals surface area contributed by atoms with Gasteiger partial charge in [0.25, 0.3) is 5.91 Å². The Hall–Kier alpha value is -3.46. The van der Waals surface area contributed by atoms with Crippen molar-refractivity contribution in [2.45, 2.75) is 6.04 Å². The molecule has 1 aliphatic heterocycles. The molecule has 1 heterocycles. The Morgan fingerprint density at radius 3 is 1.97 bits per heavy atom. The second kappa shape index (κ2) is 10.0. The molecule has 0 saturated carbocycles. The van der Waals surface area contributed by atoms with Crippen LogP contribution in [0.5, 0.6) is 0 Å². The molecule has 1 saturated heterocycles. The molecule has 5 nitrogen and oxygen atoms in total. The molecule has 0 radical (unpaired) electrons. The molecule has 1 fully saturated rings. The lowest BCUT2D eigenvalue weighted by atomic mass is 9.96. The maximum atomic E-state index is 12.6. The van der Waals surface area contributed by atoms with Crippen molar-refractivity contribution in [3.63, 3.8) is 0 Å². The van der Waals surface area contributed by atoms with Crippen molar-refractivity contribution in [2.24, 2.45) is 0 Å². The predicted molar refractivity (Wildman–Crippen MR) is 121 cm³/mol. The number of nitriles is 1. The van der Waals surface area contributed by atoms with Crippen LogP contribution in [0.25, 0.3) is 0 Å². The van der Waals surface area contributed by atoms with E-state index in [1.165, 1.54) is 20.9 Å². The summed E-state index contributed by atoms with van der Waals surface area (Å²) in [5.41, 5.74) is 3.75. The Morgan fingerprint density at radius 2 is 1.39 bits per heavy atom. The molecule has 3 aromatic carbocycles. The summed E-state index contributed by atoms with van der Waals surface area (Å²) in [6, 6.07) is 31.0. The topological polar surface area (TPSA) is 61.8 Å². The van der Waals surface area contributed by atoms with Crippen molar-refractivity contribution in [2.75, 3.05) is 38.0 Å². The summed E-state index contributed by atoms with van der Waals surface area (Å²) in [7, 11) is 0. The fourth-order valence-electron chi connectivity index (χ4n) is 4.46. The van der Waals surface area contributed by atoms with Crippen LogP contribution in [0, 0.1) is 11.3 Å². The molecule has 1 amide bonds. The van der Waals surface area contributed by atoms with Gasteiger partial charge in [-0.3, -0.25) is 4.79 Å². The number of benzene rings is 3. The molecule has 0 atom stereocenters. The number of quaternary nitrogens is 2. The van der Waals surface area contributed by atoms with E-state index in [1.54, 1.807) is 18.2 Å². The monoisotopic (exact) mass is 412 g/mol. The summed E-state index contributed by atoms with van der Waals surface area (Å²) in [6.45, 7) is 4.32. The number of carbonyl (C=O) groups excluding carboxylic acids is 1. The number of hydrogen-bond acceptors (Lipinski definition) is 2. The summed E-state index contributed by atoms with van der Waals surface area (Å²) in [5, 5.41) is 12.1. The van der Waals surface area contributed by atoms with Crippen LogP contribution < -0.4 is 15.1 Å². The lowest BCUT2D eigenvalue weighted by Gasteiger charge is -2.35. The van der Waals surface area contributed by atoms with Gasteiger partial charge in [0.15, 0.2) is 6.54 Å². The lowest BCUT2D eigenvalue weighted by Crippen LogP contribution is -3.28. The van der Waals surface area contributed by atoms with Gasteiger partial charge in [-0.25, -0.2) is 0 Å². The van der Waals surface area contributed by atoms with Crippen LogP contribution in [0.2, 0.25) is 0 Å². The van der Waals surface area contributed by atoms with Crippen molar-refractivity contribution in [3.8, 4) is 6.07 Å². The normalized spacial score (nSPS) is 18.3. The van der Waals surface area contributed by atoms with Gasteiger partial charge in [-0.1, -0.05) is 72.8 Å². The van der Waals surface area contributed by atoms with Crippen LogP contribution in [0.4, 0.5) is 5.69 Å². The highest BCUT2D eigenvalue weighted by molar-refractivity contribution is 5.92. The van der Waals surface area contributed by atoms with Gasteiger partial charge in [0.2, 0.25) is 0 Å². The molecule has 1 aliphatic rings. The van der Waals surface area contributed by atoms with Gasteiger partial charge in [0.05, 0.1) is 11.3 Å². The quantitative estimate of drug-likeness (QED) is 0.567. The number of piperazine rings is 1. The number of amides is 1. The van der Waals surface area contributed by atoms with Crippen LogP contribution in [0.1, 0.15) is 22.7 Å². The number of hydrogen-bond donors (Lipinski definition) is 3. The molecule has 0 aliphatic carbocycles. The van der Waals surface area contributed by atoms with E-state index in [-0.39, 0.29) is 5.91 Å². The van der Waals surface area contributed by atoms with E-state index in [0.717, 1.165) is 26.2 Å². The third-order valence-electron chi connectivity index (χ3n) is 6.01. The molecule has 0 unspecified atom stereocenters. The third kappa shape index (κ3) is 5.18. The summed E-state index contributed by atoms with van der Waals surface area (Å²) >= 11 is 0. The van der Waals surface area contributed by atoms with Gasteiger partial charge in [-0.15, -0.1) is 0 Å². The van der Waals surface area contributed by atoms with Crippen LogP contribution in [-0.2, 0) is 4.79 Å². The first-order chi connectivity index (χ1) is 15.2. The van der Waals surface area contributed by atoms with E-state index in [1.807, 2.05) is 6.07 Å². The van der Waals surface area contributed by atoms with Crippen LogP contribution >= 0.6 is 0 Å². The minimum Gasteiger partial charge on any atom is -0.320 e. The molecule has 0 aromatic heterocycles. The van der Waals surface area contributed by atoms with Gasteiger partial charge >= 0.3 is 0 Å². The Morgan fingerprint density at radius 1 is 0.839 bits per heavy atom. The first kappa shape index (κ1) is 20.8. The van der Waals surface area contributed by atoms with E-state index in [9.17, 15) is 10.1 Å². The van der Waals surface area contributed by atoms with Crippen LogP contribution in [0.15, 0.2) is 84.9 Å². The van der Waals surface area contributed by atoms with Crippen molar-refractivity contribution in [1.82, 2.24) is 0 Å². The number of nitrogens with zero attached hydrogens (tertiary/aromatic N) is 1. The minimum absolute atomic E-state index is 0.0381. The number of carbonyl (C=O) groups is 1. The molecule has 4 rings (SSSR count). The highest BCUT2D eigenvalue weighted by Crippen LogP contribution is 2.19. The Balaban J connectivity index is 1.39. The number of rotatable bonds is 6. The summed E-state index contributed by atoms with van der Waals surface area (Å²) in [4.78, 5) is 15.4. The van der Waals surface area contributed by atoms with Gasteiger partial charge < -0.3 is 15.1 Å². The fourth-order valence-corrected chi connectivity index (χ4v) is 4.46. The smallest absolute Gasteiger partial charge is 0.279 e. The molecule has 156 valence electrons. The first-order valence-electron chi connectivity index (χ1n) is 10.8. The van der Waals surface area contributed by atoms with Gasteiger partial charge in [0, 0.05) is 11.1 Å². The Kier molecular flexibility index (Phi) is 6.73. The zero-order valence-corrected chi connectivity index (χ0v) is 17.6. The summed E-state index contributed by atoms with van der Waals surface area (Å²) in [6.07, 6.45) is 0. The average molecular weight is 413 g/mol. The van der Waals surface area contributed by atoms with Gasteiger partial charge in [-0.05, 0) is 12.1 Å². The van der Waals surface area contributed by atoms with Crippen LogP contribution in [0.3, 0.4) is 0 Å². The Labute approximate surface area is 183 Å². The maximum absolute atomic E-state index is 12.6. The first-order valence-corrected chi connectivity index (χ1v) is 10.8. The highest BCUT2D eigenvalue weighted by Gasteiger charge is 2.32. The van der Waals surface area contributed by atoms with Crippen molar-refractivity contribution in [1.29, 1.82) is 5.26 Å². The second-order valence-electron chi connectivity index (χ2n) is 8.04. The lowest BCUT2D eigenvalue weighted by molar-refractivity contribution is -1.02. The molecule has 31 heavy (non-hydrogen) atoms.